The Hall–Kier alpha value is -1.35. The summed E-state index contributed by atoms with van der Waals surface area (Å²) in [5.74, 6) is 0.0987. The number of aliphatic hydroxyl groups excluding tert-OH is 1. The summed E-state index contributed by atoms with van der Waals surface area (Å²) in [6, 6.07) is 6.13. The van der Waals surface area contributed by atoms with Gasteiger partial charge in [-0.15, -0.1) is 0 Å². The van der Waals surface area contributed by atoms with Gasteiger partial charge in [0.15, 0.2) is 0 Å². The third-order valence-electron chi connectivity index (χ3n) is 3.85. The number of hydrogen-bond acceptors (Lipinski definition) is 2. The van der Waals surface area contributed by atoms with Crippen molar-refractivity contribution in [2.75, 3.05) is 6.54 Å². The van der Waals surface area contributed by atoms with E-state index in [1.54, 1.807) is 0 Å². The van der Waals surface area contributed by atoms with Gasteiger partial charge < -0.3 is 10.4 Å². The number of rotatable bonds is 0. The lowest BCUT2D eigenvalue weighted by molar-refractivity contribution is -0.119. The van der Waals surface area contributed by atoms with E-state index in [1.165, 1.54) is 11.1 Å². The van der Waals surface area contributed by atoms with Gasteiger partial charge in [0, 0.05) is 18.4 Å². The fraction of sp³-hybridized carbons (Fsp3) is 0.462. The first-order chi connectivity index (χ1) is 7.61. The second kappa shape index (κ2) is 3.08. The number of amides is 1. The molecule has 1 aliphatic heterocycles. The largest absolute Gasteiger partial charge is 0.388 e. The van der Waals surface area contributed by atoms with Crippen molar-refractivity contribution in [1.29, 1.82) is 0 Å². The van der Waals surface area contributed by atoms with Gasteiger partial charge in [0.1, 0.15) is 0 Å². The van der Waals surface area contributed by atoms with Crippen molar-refractivity contribution < 1.29 is 9.90 Å². The van der Waals surface area contributed by atoms with Gasteiger partial charge in [-0.3, -0.25) is 4.79 Å². The number of fused-ring (bicyclic) bond motifs is 2. The molecule has 84 valence electrons. The molecule has 2 unspecified atom stereocenters. The van der Waals surface area contributed by atoms with Crippen LogP contribution in [0.1, 0.15) is 35.6 Å². The third kappa shape index (κ3) is 1.21. The van der Waals surface area contributed by atoms with Crippen LogP contribution in [0, 0.1) is 6.92 Å². The zero-order valence-corrected chi connectivity index (χ0v) is 9.29. The minimum atomic E-state index is -0.414. The van der Waals surface area contributed by atoms with E-state index in [1.807, 2.05) is 19.1 Å². The summed E-state index contributed by atoms with van der Waals surface area (Å²) in [5, 5.41) is 12.9. The fourth-order valence-electron chi connectivity index (χ4n) is 3.04. The SMILES string of the molecule is Cc1ccc2c(c1)C1(CNC(=O)C1)CC2O. The van der Waals surface area contributed by atoms with Crippen molar-refractivity contribution in [2.45, 2.75) is 31.3 Å². The Morgan fingerprint density at radius 1 is 1.50 bits per heavy atom. The molecule has 0 radical (unpaired) electrons. The van der Waals surface area contributed by atoms with Crippen LogP contribution in [-0.2, 0) is 10.2 Å². The fourth-order valence-corrected chi connectivity index (χ4v) is 3.04. The van der Waals surface area contributed by atoms with E-state index >= 15 is 0 Å². The molecule has 1 heterocycles. The molecular weight excluding hydrogens is 202 g/mol. The Bertz CT molecular complexity index is 469. The maximum Gasteiger partial charge on any atom is 0.220 e. The van der Waals surface area contributed by atoms with Crippen LogP contribution in [0.3, 0.4) is 0 Å². The quantitative estimate of drug-likeness (QED) is 0.685. The summed E-state index contributed by atoms with van der Waals surface area (Å²) in [5.41, 5.74) is 3.20. The highest BCUT2D eigenvalue weighted by molar-refractivity contribution is 5.81. The second-order valence-electron chi connectivity index (χ2n) is 5.04. The van der Waals surface area contributed by atoms with Crippen molar-refractivity contribution >= 4 is 5.91 Å². The van der Waals surface area contributed by atoms with Gasteiger partial charge in [-0.25, -0.2) is 0 Å². The predicted molar refractivity (Wildman–Crippen MR) is 60.1 cm³/mol. The van der Waals surface area contributed by atoms with E-state index in [0.717, 1.165) is 5.56 Å². The minimum Gasteiger partial charge on any atom is -0.388 e. The lowest BCUT2D eigenvalue weighted by Gasteiger charge is -2.22. The summed E-state index contributed by atoms with van der Waals surface area (Å²) in [6.45, 7) is 2.71. The first-order valence-corrected chi connectivity index (χ1v) is 5.67. The maximum atomic E-state index is 11.4. The smallest absolute Gasteiger partial charge is 0.220 e. The van der Waals surface area contributed by atoms with Gasteiger partial charge >= 0.3 is 0 Å². The van der Waals surface area contributed by atoms with E-state index in [4.69, 9.17) is 0 Å². The summed E-state index contributed by atoms with van der Waals surface area (Å²) >= 11 is 0. The lowest BCUT2D eigenvalue weighted by atomic mass is 9.80. The van der Waals surface area contributed by atoms with Gasteiger partial charge in [-0.1, -0.05) is 23.8 Å². The Labute approximate surface area is 94.5 Å². The van der Waals surface area contributed by atoms with Crippen molar-refractivity contribution in [3.8, 4) is 0 Å². The second-order valence-corrected chi connectivity index (χ2v) is 5.04. The molecule has 1 aromatic carbocycles. The molecule has 1 spiro atoms. The molecule has 16 heavy (non-hydrogen) atoms. The summed E-state index contributed by atoms with van der Waals surface area (Å²) < 4.78 is 0. The first kappa shape index (κ1) is 9.85. The van der Waals surface area contributed by atoms with E-state index in [-0.39, 0.29) is 11.3 Å². The molecule has 3 heteroatoms. The number of carbonyl (C=O) groups is 1. The molecule has 0 saturated carbocycles. The maximum absolute atomic E-state index is 11.4. The first-order valence-electron chi connectivity index (χ1n) is 5.67. The van der Waals surface area contributed by atoms with Gasteiger partial charge in [0.05, 0.1) is 6.10 Å². The molecule has 1 fully saturated rings. The highest BCUT2D eigenvalue weighted by Gasteiger charge is 2.47. The predicted octanol–water partition coefficient (Wildman–Crippen LogP) is 1.19. The zero-order chi connectivity index (χ0) is 11.3. The summed E-state index contributed by atoms with van der Waals surface area (Å²) in [4.78, 5) is 11.4. The molecule has 1 aliphatic carbocycles. The normalized spacial score (nSPS) is 31.9. The number of carbonyl (C=O) groups excluding carboxylic acids is 1. The Balaban J connectivity index is 2.14. The van der Waals surface area contributed by atoms with Crippen LogP contribution in [-0.4, -0.2) is 17.6 Å². The average molecular weight is 217 g/mol. The Kier molecular flexibility index (Phi) is 1.89. The minimum absolute atomic E-state index is 0.0987. The molecule has 2 N–H and O–H groups in total. The van der Waals surface area contributed by atoms with Crippen LogP contribution in [0.25, 0.3) is 0 Å². The molecule has 1 aromatic rings. The standard InChI is InChI=1S/C13H15NO2/c1-8-2-3-9-10(4-8)13(5-11(9)15)6-12(16)14-7-13/h2-4,11,15H,5-7H2,1H3,(H,14,16). The number of nitrogens with one attached hydrogen (secondary N) is 1. The van der Waals surface area contributed by atoms with Crippen LogP contribution in [0.15, 0.2) is 18.2 Å². The zero-order valence-electron chi connectivity index (χ0n) is 9.29. The van der Waals surface area contributed by atoms with Crippen LogP contribution < -0.4 is 5.32 Å². The molecular formula is C13H15NO2. The van der Waals surface area contributed by atoms with Gasteiger partial charge in [-0.2, -0.15) is 0 Å². The van der Waals surface area contributed by atoms with Gasteiger partial charge in [0.25, 0.3) is 0 Å². The Morgan fingerprint density at radius 2 is 2.31 bits per heavy atom. The number of hydrogen-bond donors (Lipinski definition) is 2. The lowest BCUT2D eigenvalue weighted by Crippen LogP contribution is -2.26. The van der Waals surface area contributed by atoms with Crippen molar-refractivity contribution in [3.05, 3.63) is 34.9 Å². The molecule has 0 aromatic heterocycles. The number of aryl methyl sites for hydroxylation is 1. The number of benzene rings is 1. The molecule has 3 nitrogen and oxygen atoms in total. The monoisotopic (exact) mass is 217 g/mol. The van der Waals surface area contributed by atoms with E-state index < -0.39 is 6.10 Å². The summed E-state index contributed by atoms with van der Waals surface area (Å²) in [7, 11) is 0. The van der Waals surface area contributed by atoms with E-state index in [2.05, 4.69) is 11.4 Å². The third-order valence-corrected chi connectivity index (χ3v) is 3.85. The van der Waals surface area contributed by atoms with Gasteiger partial charge in [0.2, 0.25) is 5.91 Å². The van der Waals surface area contributed by atoms with Crippen molar-refractivity contribution in [2.24, 2.45) is 0 Å². The van der Waals surface area contributed by atoms with E-state index in [9.17, 15) is 9.90 Å². The Morgan fingerprint density at radius 3 is 3.00 bits per heavy atom. The van der Waals surface area contributed by atoms with Crippen molar-refractivity contribution in [3.63, 3.8) is 0 Å². The molecule has 1 amide bonds. The molecule has 2 aliphatic rings. The number of aliphatic hydroxyl groups is 1. The average Bonchev–Trinajstić information content (AvgIpc) is 2.71. The summed E-state index contributed by atoms with van der Waals surface area (Å²) in [6.07, 6.45) is 0.772. The molecule has 0 bridgehead atoms. The topological polar surface area (TPSA) is 49.3 Å². The molecule has 3 rings (SSSR count). The molecule has 1 saturated heterocycles. The van der Waals surface area contributed by atoms with Crippen LogP contribution in [0.2, 0.25) is 0 Å². The van der Waals surface area contributed by atoms with Crippen LogP contribution in [0.5, 0.6) is 0 Å². The van der Waals surface area contributed by atoms with Gasteiger partial charge in [-0.05, 0) is 24.5 Å². The van der Waals surface area contributed by atoms with Crippen molar-refractivity contribution in [1.82, 2.24) is 5.32 Å². The van der Waals surface area contributed by atoms with Crippen LogP contribution >= 0.6 is 0 Å². The highest BCUT2D eigenvalue weighted by Crippen LogP contribution is 2.48. The molecule has 2 atom stereocenters. The van der Waals surface area contributed by atoms with Crippen LogP contribution in [0.4, 0.5) is 0 Å². The van der Waals surface area contributed by atoms with E-state index in [0.29, 0.717) is 19.4 Å². The highest BCUT2D eigenvalue weighted by atomic mass is 16.3.